The minimum Gasteiger partial charge on any atom is -0.508 e. The third kappa shape index (κ3) is 20.9. The van der Waals surface area contributed by atoms with E-state index < -0.39 is 0 Å². The smallest absolute Gasteiger partial charge is 0.118 e. The van der Waals surface area contributed by atoms with E-state index in [0.29, 0.717) is 11.5 Å². The van der Waals surface area contributed by atoms with Crippen molar-refractivity contribution >= 4 is 0 Å². The van der Waals surface area contributed by atoms with E-state index in [1.54, 1.807) is 12.1 Å². The van der Waals surface area contributed by atoms with Crippen LogP contribution in [0.15, 0.2) is 48.5 Å². The Morgan fingerprint density at radius 1 is 0.350 bits per heavy atom. The Hall–Kier alpha value is -1.96. The van der Waals surface area contributed by atoms with Crippen LogP contribution in [0.3, 0.4) is 0 Å². The number of phenols is 2. The molecule has 228 valence electrons. The summed E-state index contributed by atoms with van der Waals surface area (Å²) in [6.07, 6.45) is 32.3. The Bertz CT molecular complexity index is 800. The van der Waals surface area contributed by atoms with Crippen molar-refractivity contribution < 1.29 is 10.2 Å². The number of hydrogen-bond acceptors (Lipinski definition) is 2. The fourth-order valence-electron chi connectivity index (χ4n) is 5.40. The maximum Gasteiger partial charge on any atom is 0.118 e. The SMILES string of the molecule is CCCCCCCCCCCCCCCCCCc1ccccc1O.CCCCCCCCc1ccccc1O. The van der Waals surface area contributed by atoms with E-state index in [2.05, 4.69) is 13.8 Å². The fourth-order valence-corrected chi connectivity index (χ4v) is 5.40. The lowest BCUT2D eigenvalue weighted by molar-refractivity contribution is 0.465. The zero-order chi connectivity index (χ0) is 28.9. The third-order valence-electron chi connectivity index (χ3n) is 8.08. The molecule has 2 rings (SSSR count). The Kier molecular flexibility index (Phi) is 24.5. The number of aryl methyl sites for hydroxylation is 2. The van der Waals surface area contributed by atoms with E-state index in [-0.39, 0.29) is 0 Å². The van der Waals surface area contributed by atoms with Crippen molar-refractivity contribution in [3.8, 4) is 11.5 Å². The Balaban J connectivity index is 0.000000453. The van der Waals surface area contributed by atoms with Crippen LogP contribution >= 0.6 is 0 Å². The molecule has 40 heavy (non-hydrogen) atoms. The summed E-state index contributed by atoms with van der Waals surface area (Å²) in [5.74, 6) is 0.912. The van der Waals surface area contributed by atoms with Crippen LogP contribution in [0.1, 0.15) is 166 Å². The lowest BCUT2D eigenvalue weighted by Gasteiger charge is -2.05. The number of benzene rings is 2. The minimum atomic E-state index is 0.450. The molecular weight excluding hydrogens is 488 g/mol. The van der Waals surface area contributed by atoms with Crippen LogP contribution in [-0.2, 0) is 12.8 Å². The number of hydrogen-bond donors (Lipinski definition) is 2. The van der Waals surface area contributed by atoms with E-state index in [4.69, 9.17) is 0 Å². The van der Waals surface area contributed by atoms with E-state index in [0.717, 1.165) is 24.0 Å². The Labute approximate surface area is 249 Å². The molecule has 0 unspecified atom stereocenters. The maximum absolute atomic E-state index is 9.74. The normalized spacial score (nSPS) is 10.8. The quantitative estimate of drug-likeness (QED) is 0.127. The van der Waals surface area contributed by atoms with Crippen LogP contribution in [0.2, 0.25) is 0 Å². The molecule has 0 saturated carbocycles. The average molecular weight is 553 g/mol. The molecular formula is C38H64O2. The molecule has 0 aliphatic carbocycles. The third-order valence-corrected chi connectivity index (χ3v) is 8.08. The Morgan fingerprint density at radius 2 is 0.600 bits per heavy atom. The van der Waals surface area contributed by atoms with Crippen LogP contribution < -0.4 is 0 Å². The molecule has 0 heterocycles. The first-order valence-electron chi connectivity index (χ1n) is 17.2. The summed E-state index contributed by atoms with van der Waals surface area (Å²) in [4.78, 5) is 0. The largest absolute Gasteiger partial charge is 0.508 e. The molecule has 2 aromatic carbocycles. The first kappa shape index (κ1) is 36.1. The van der Waals surface area contributed by atoms with Gasteiger partial charge >= 0.3 is 0 Å². The number of aromatic hydroxyl groups is 2. The first-order chi connectivity index (χ1) is 19.7. The second kappa shape index (κ2) is 27.2. The topological polar surface area (TPSA) is 40.5 Å². The average Bonchev–Trinajstić information content (AvgIpc) is 2.97. The number of unbranched alkanes of at least 4 members (excludes halogenated alkanes) is 20. The van der Waals surface area contributed by atoms with Crippen molar-refractivity contribution in [1.82, 2.24) is 0 Å². The zero-order valence-corrected chi connectivity index (χ0v) is 26.5. The van der Waals surface area contributed by atoms with Crippen molar-refractivity contribution in [1.29, 1.82) is 0 Å². The van der Waals surface area contributed by atoms with Gasteiger partial charge in [0, 0.05) is 0 Å². The molecule has 0 spiro atoms. The lowest BCUT2D eigenvalue weighted by Crippen LogP contribution is -1.87. The summed E-state index contributed by atoms with van der Waals surface area (Å²) in [5.41, 5.74) is 2.20. The number of phenolic OH excluding ortho intramolecular Hbond substituents is 2. The van der Waals surface area contributed by atoms with Gasteiger partial charge in [-0.2, -0.15) is 0 Å². The molecule has 0 atom stereocenters. The van der Waals surface area contributed by atoms with Gasteiger partial charge in [-0.05, 0) is 48.9 Å². The van der Waals surface area contributed by atoms with Gasteiger partial charge in [0.1, 0.15) is 11.5 Å². The molecule has 0 saturated heterocycles. The van der Waals surface area contributed by atoms with Gasteiger partial charge in [-0.25, -0.2) is 0 Å². The summed E-state index contributed by atoms with van der Waals surface area (Å²) in [6, 6.07) is 15.4. The molecule has 2 N–H and O–H groups in total. The minimum absolute atomic E-state index is 0.450. The molecule has 0 fully saturated rings. The van der Waals surface area contributed by atoms with Crippen molar-refractivity contribution in [3.05, 3.63) is 59.7 Å². The highest BCUT2D eigenvalue weighted by Crippen LogP contribution is 2.20. The van der Waals surface area contributed by atoms with E-state index in [9.17, 15) is 10.2 Å². The highest BCUT2D eigenvalue weighted by Gasteiger charge is 2.00. The fraction of sp³-hybridized carbons (Fsp3) is 0.684. The zero-order valence-electron chi connectivity index (χ0n) is 26.5. The van der Waals surface area contributed by atoms with Gasteiger partial charge in [0.05, 0.1) is 0 Å². The van der Waals surface area contributed by atoms with Crippen LogP contribution in [-0.4, -0.2) is 10.2 Å². The molecule has 0 aromatic heterocycles. The summed E-state index contributed by atoms with van der Waals surface area (Å²) >= 11 is 0. The van der Waals surface area contributed by atoms with Gasteiger partial charge in [0.25, 0.3) is 0 Å². The van der Waals surface area contributed by atoms with E-state index >= 15 is 0 Å². The van der Waals surface area contributed by atoms with Crippen LogP contribution in [0.4, 0.5) is 0 Å². The summed E-state index contributed by atoms with van der Waals surface area (Å²) in [5, 5.41) is 19.3. The predicted molar refractivity (Wildman–Crippen MR) is 177 cm³/mol. The molecule has 0 amide bonds. The van der Waals surface area contributed by atoms with Crippen molar-refractivity contribution in [3.63, 3.8) is 0 Å². The highest BCUT2D eigenvalue weighted by molar-refractivity contribution is 5.32. The molecule has 0 aliphatic heterocycles. The maximum atomic E-state index is 9.74. The summed E-state index contributed by atoms with van der Waals surface area (Å²) < 4.78 is 0. The standard InChI is InChI=1S/C24H42O.C14H22O/c1-2-3-4-5-6-7-8-9-10-11-12-13-14-15-16-17-20-23-21-18-19-22-24(23)25;1-2-3-4-5-6-7-10-13-11-8-9-12-14(13)15/h18-19,21-22,25H,2-17,20H2,1H3;8-9,11-12,15H,2-7,10H2,1H3. The van der Waals surface area contributed by atoms with Crippen molar-refractivity contribution in [2.24, 2.45) is 0 Å². The van der Waals surface area contributed by atoms with Crippen molar-refractivity contribution in [2.45, 2.75) is 168 Å². The predicted octanol–water partition coefficient (Wildman–Crippen LogP) is 12.5. The second-order valence-electron chi connectivity index (χ2n) is 11.8. The lowest BCUT2D eigenvalue weighted by atomic mass is 10.0. The molecule has 2 aromatic rings. The monoisotopic (exact) mass is 552 g/mol. The number of rotatable bonds is 24. The van der Waals surface area contributed by atoms with Crippen LogP contribution in [0, 0.1) is 0 Å². The van der Waals surface area contributed by atoms with Gasteiger partial charge in [-0.3, -0.25) is 0 Å². The highest BCUT2D eigenvalue weighted by atomic mass is 16.3. The van der Waals surface area contributed by atoms with Gasteiger partial charge in [-0.15, -0.1) is 0 Å². The van der Waals surface area contributed by atoms with Gasteiger partial charge in [-0.1, -0.05) is 179 Å². The van der Waals surface area contributed by atoms with Gasteiger partial charge in [0.2, 0.25) is 0 Å². The van der Waals surface area contributed by atoms with E-state index in [1.165, 1.54) is 141 Å². The second-order valence-corrected chi connectivity index (χ2v) is 11.8. The van der Waals surface area contributed by atoms with Gasteiger partial charge < -0.3 is 10.2 Å². The molecule has 2 nitrogen and oxygen atoms in total. The van der Waals surface area contributed by atoms with E-state index in [1.807, 2.05) is 36.4 Å². The van der Waals surface area contributed by atoms with Crippen LogP contribution in [0.5, 0.6) is 11.5 Å². The molecule has 0 bridgehead atoms. The Morgan fingerprint density at radius 3 is 0.875 bits per heavy atom. The number of para-hydroxylation sites is 2. The molecule has 0 radical (unpaired) electrons. The molecule has 0 aliphatic rings. The molecule has 2 heteroatoms. The van der Waals surface area contributed by atoms with Crippen molar-refractivity contribution in [2.75, 3.05) is 0 Å². The summed E-state index contributed by atoms with van der Waals surface area (Å²) in [7, 11) is 0. The first-order valence-corrected chi connectivity index (χ1v) is 17.2. The van der Waals surface area contributed by atoms with Gasteiger partial charge in [0.15, 0.2) is 0 Å². The van der Waals surface area contributed by atoms with Crippen LogP contribution in [0.25, 0.3) is 0 Å². The summed E-state index contributed by atoms with van der Waals surface area (Å²) in [6.45, 7) is 4.53.